The Morgan fingerprint density at radius 1 is 1.58 bits per heavy atom. The summed E-state index contributed by atoms with van der Waals surface area (Å²) in [7, 11) is 1.71. The maximum atomic E-state index is 5.63. The van der Waals surface area contributed by atoms with Crippen LogP contribution in [0, 0.1) is 0 Å². The highest BCUT2D eigenvalue weighted by atomic mass is 35.5. The van der Waals surface area contributed by atoms with Gasteiger partial charge in [-0.3, -0.25) is 4.90 Å². The van der Waals surface area contributed by atoms with Gasteiger partial charge in [0.1, 0.15) is 0 Å². The van der Waals surface area contributed by atoms with Crippen molar-refractivity contribution in [3.05, 3.63) is 12.2 Å². The van der Waals surface area contributed by atoms with E-state index in [9.17, 15) is 0 Å². The monoisotopic (exact) mass is 191 g/mol. The van der Waals surface area contributed by atoms with Gasteiger partial charge in [-0.2, -0.15) is 0 Å². The van der Waals surface area contributed by atoms with E-state index in [2.05, 4.69) is 18.4 Å². The maximum Gasteiger partial charge on any atom is 0.0589 e. The summed E-state index contributed by atoms with van der Waals surface area (Å²) in [5.74, 6) is 0.545. The summed E-state index contributed by atoms with van der Waals surface area (Å²) < 4.78 is 4.99. The summed E-state index contributed by atoms with van der Waals surface area (Å²) >= 11 is 5.63. The van der Waals surface area contributed by atoms with E-state index in [1.54, 1.807) is 7.11 Å². The van der Waals surface area contributed by atoms with Gasteiger partial charge in [0, 0.05) is 26.1 Å². The van der Waals surface area contributed by atoms with Crippen LogP contribution in [0.5, 0.6) is 0 Å². The number of rotatable bonds is 7. The Kier molecular flexibility index (Phi) is 7.56. The van der Waals surface area contributed by atoms with E-state index >= 15 is 0 Å². The first-order chi connectivity index (χ1) is 5.74. The lowest BCUT2D eigenvalue weighted by atomic mass is 10.3. The Labute approximate surface area is 80.1 Å². The number of hydrogen-bond donors (Lipinski definition) is 0. The first-order valence-corrected chi connectivity index (χ1v) is 4.72. The molecular formula is C9H18ClNO. The Morgan fingerprint density at radius 3 is 2.67 bits per heavy atom. The third-order valence-corrected chi connectivity index (χ3v) is 2.07. The van der Waals surface area contributed by atoms with Crippen LogP contribution in [0.3, 0.4) is 0 Å². The Hall–Kier alpha value is -0.0500. The second kappa shape index (κ2) is 7.59. The molecule has 0 aromatic rings. The van der Waals surface area contributed by atoms with Crippen molar-refractivity contribution in [2.75, 3.05) is 39.2 Å². The number of halogens is 1. The minimum atomic E-state index is 0.545. The van der Waals surface area contributed by atoms with Crippen molar-refractivity contribution in [2.24, 2.45) is 0 Å². The number of nitrogens with zero attached hydrogens (tertiary/aromatic N) is 1. The number of ether oxygens (including phenoxy) is 1. The molecule has 0 aliphatic heterocycles. The predicted octanol–water partition coefficient (Wildman–Crippen LogP) is 1.75. The van der Waals surface area contributed by atoms with E-state index in [1.807, 2.05) is 0 Å². The minimum absolute atomic E-state index is 0.545. The molecule has 0 heterocycles. The SMILES string of the molecule is C=C(CCl)CN(CC)CCOC. The van der Waals surface area contributed by atoms with Crippen LogP contribution in [0.15, 0.2) is 12.2 Å². The third-order valence-electron chi connectivity index (χ3n) is 1.70. The summed E-state index contributed by atoms with van der Waals surface area (Å²) in [6.07, 6.45) is 0. The molecule has 2 nitrogen and oxygen atoms in total. The number of hydrogen-bond acceptors (Lipinski definition) is 2. The molecule has 0 spiro atoms. The fraction of sp³-hybridized carbons (Fsp3) is 0.778. The zero-order valence-corrected chi connectivity index (χ0v) is 8.73. The van der Waals surface area contributed by atoms with Gasteiger partial charge >= 0.3 is 0 Å². The average Bonchev–Trinajstić information content (AvgIpc) is 2.11. The predicted molar refractivity (Wildman–Crippen MR) is 53.9 cm³/mol. The molecule has 0 fully saturated rings. The van der Waals surface area contributed by atoms with Crippen LogP contribution in [0.25, 0.3) is 0 Å². The lowest BCUT2D eigenvalue weighted by Crippen LogP contribution is -2.29. The zero-order valence-electron chi connectivity index (χ0n) is 7.98. The molecular weight excluding hydrogens is 174 g/mol. The minimum Gasteiger partial charge on any atom is -0.383 e. The molecule has 0 aliphatic carbocycles. The van der Waals surface area contributed by atoms with Crippen molar-refractivity contribution in [1.29, 1.82) is 0 Å². The van der Waals surface area contributed by atoms with Crippen LogP contribution in [0.4, 0.5) is 0 Å². The molecule has 0 unspecified atom stereocenters. The zero-order chi connectivity index (χ0) is 9.40. The van der Waals surface area contributed by atoms with Gasteiger partial charge in [0.2, 0.25) is 0 Å². The first kappa shape index (κ1) is 11.9. The molecule has 0 aromatic heterocycles. The van der Waals surface area contributed by atoms with Crippen LogP contribution >= 0.6 is 11.6 Å². The molecule has 12 heavy (non-hydrogen) atoms. The summed E-state index contributed by atoms with van der Waals surface area (Å²) in [4.78, 5) is 2.26. The molecule has 3 heteroatoms. The van der Waals surface area contributed by atoms with E-state index in [-0.39, 0.29) is 0 Å². The molecule has 72 valence electrons. The third kappa shape index (κ3) is 5.58. The van der Waals surface area contributed by atoms with Gasteiger partial charge in [0.15, 0.2) is 0 Å². The molecule has 0 atom stereocenters. The Bertz CT molecular complexity index is 128. The number of likely N-dealkylation sites (N-methyl/N-ethyl adjacent to an activating group) is 1. The van der Waals surface area contributed by atoms with Gasteiger partial charge < -0.3 is 4.74 Å². The van der Waals surface area contributed by atoms with Crippen molar-refractivity contribution in [2.45, 2.75) is 6.92 Å². The Balaban J connectivity index is 3.59. The highest BCUT2D eigenvalue weighted by Crippen LogP contribution is 1.98. The standard InChI is InChI=1S/C9H18ClNO/c1-4-11(5-6-12-3)8-9(2)7-10/h2,4-8H2,1,3H3. The Morgan fingerprint density at radius 2 is 2.25 bits per heavy atom. The normalized spacial score (nSPS) is 10.7. The second-order valence-corrected chi connectivity index (χ2v) is 3.01. The van der Waals surface area contributed by atoms with Crippen molar-refractivity contribution in [1.82, 2.24) is 4.90 Å². The molecule has 0 aliphatic rings. The van der Waals surface area contributed by atoms with Gasteiger partial charge in [-0.15, -0.1) is 11.6 Å². The smallest absolute Gasteiger partial charge is 0.0589 e. The van der Waals surface area contributed by atoms with E-state index < -0.39 is 0 Å². The summed E-state index contributed by atoms with van der Waals surface area (Å²) in [6.45, 7) is 9.58. The summed E-state index contributed by atoms with van der Waals surface area (Å²) in [5, 5.41) is 0. The molecule has 0 saturated heterocycles. The molecule has 0 N–H and O–H groups in total. The topological polar surface area (TPSA) is 12.5 Å². The average molecular weight is 192 g/mol. The fourth-order valence-electron chi connectivity index (χ4n) is 0.928. The lowest BCUT2D eigenvalue weighted by molar-refractivity contribution is 0.156. The molecule has 0 bridgehead atoms. The van der Waals surface area contributed by atoms with Crippen LogP contribution in [0.2, 0.25) is 0 Å². The highest BCUT2D eigenvalue weighted by Gasteiger charge is 2.02. The maximum absolute atomic E-state index is 5.63. The largest absolute Gasteiger partial charge is 0.383 e. The van der Waals surface area contributed by atoms with Gasteiger partial charge in [-0.1, -0.05) is 13.5 Å². The van der Waals surface area contributed by atoms with Gasteiger partial charge in [-0.05, 0) is 12.1 Å². The molecule has 0 radical (unpaired) electrons. The van der Waals surface area contributed by atoms with E-state index in [1.165, 1.54) is 0 Å². The van der Waals surface area contributed by atoms with Crippen molar-refractivity contribution >= 4 is 11.6 Å². The first-order valence-electron chi connectivity index (χ1n) is 4.18. The number of alkyl halides is 1. The van der Waals surface area contributed by atoms with Crippen molar-refractivity contribution in [3.8, 4) is 0 Å². The molecule has 0 saturated carbocycles. The lowest BCUT2D eigenvalue weighted by Gasteiger charge is -2.20. The fourth-order valence-corrected chi connectivity index (χ4v) is 1.01. The summed E-state index contributed by atoms with van der Waals surface area (Å²) in [6, 6.07) is 0. The molecule has 0 amide bonds. The van der Waals surface area contributed by atoms with E-state index in [0.29, 0.717) is 5.88 Å². The van der Waals surface area contributed by atoms with Crippen molar-refractivity contribution in [3.63, 3.8) is 0 Å². The van der Waals surface area contributed by atoms with Crippen LogP contribution in [-0.2, 0) is 4.74 Å². The molecule has 0 aromatic carbocycles. The second-order valence-electron chi connectivity index (χ2n) is 2.75. The van der Waals surface area contributed by atoms with E-state index in [0.717, 1.165) is 31.8 Å². The summed E-state index contributed by atoms with van der Waals surface area (Å²) in [5.41, 5.74) is 1.06. The van der Waals surface area contributed by atoms with Gasteiger partial charge in [-0.25, -0.2) is 0 Å². The van der Waals surface area contributed by atoms with Crippen LogP contribution in [-0.4, -0.2) is 44.1 Å². The van der Waals surface area contributed by atoms with Crippen LogP contribution in [0.1, 0.15) is 6.92 Å². The van der Waals surface area contributed by atoms with E-state index in [4.69, 9.17) is 16.3 Å². The van der Waals surface area contributed by atoms with Gasteiger partial charge in [0.25, 0.3) is 0 Å². The molecule has 0 rings (SSSR count). The van der Waals surface area contributed by atoms with Crippen LogP contribution < -0.4 is 0 Å². The number of methoxy groups -OCH3 is 1. The quantitative estimate of drug-likeness (QED) is 0.449. The van der Waals surface area contributed by atoms with Crippen molar-refractivity contribution < 1.29 is 4.74 Å². The van der Waals surface area contributed by atoms with Gasteiger partial charge in [0.05, 0.1) is 6.61 Å². The highest BCUT2D eigenvalue weighted by molar-refractivity contribution is 6.19.